The molecule has 0 aliphatic carbocycles. The van der Waals surface area contributed by atoms with Crippen LogP contribution in [0.5, 0.6) is 0 Å². The normalized spacial score (nSPS) is 10.8. The Labute approximate surface area is 157 Å². The molecule has 0 atom stereocenters. The standard InChI is InChI=1S/C24H30N2/c1-21-10-16-25(17-11-21)14-4-8-23-6-3-7-24(20-23)9-5-15-26-18-12-22(2)13-19-26/h3,6-7,10-13,16-20H,4-5,8-9,14-15H2,1-2H3/q+2. The van der Waals surface area contributed by atoms with Crippen LogP contribution in [0.1, 0.15) is 35.1 Å². The minimum Gasteiger partial charge on any atom is -0.205 e. The van der Waals surface area contributed by atoms with E-state index in [-0.39, 0.29) is 0 Å². The van der Waals surface area contributed by atoms with Gasteiger partial charge in [-0.1, -0.05) is 24.3 Å². The van der Waals surface area contributed by atoms with Gasteiger partial charge in [-0.3, -0.25) is 0 Å². The van der Waals surface area contributed by atoms with Crippen LogP contribution in [0, 0.1) is 13.8 Å². The molecule has 0 bridgehead atoms. The summed E-state index contributed by atoms with van der Waals surface area (Å²) in [6.45, 7) is 6.42. The van der Waals surface area contributed by atoms with Gasteiger partial charge in [-0.2, -0.15) is 0 Å². The van der Waals surface area contributed by atoms with Crippen LogP contribution < -0.4 is 9.13 Å². The first kappa shape index (κ1) is 18.3. The summed E-state index contributed by atoms with van der Waals surface area (Å²) < 4.78 is 4.55. The van der Waals surface area contributed by atoms with E-state index in [2.05, 4.69) is 96.3 Å². The highest BCUT2D eigenvalue weighted by atomic mass is 14.9. The summed E-state index contributed by atoms with van der Waals surface area (Å²) in [4.78, 5) is 0. The van der Waals surface area contributed by atoms with Gasteiger partial charge in [0.15, 0.2) is 24.8 Å². The fourth-order valence-electron chi connectivity index (χ4n) is 3.23. The summed E-state index contributed by atoms with van der Waals surface area (Å²) >= 11 is 0. The van der Waals surface area contributed by atoms with Gasteiger partial charge in [0.2, 0.25) is 0 Å². The average molecular weight is 347 g/mol. The number of hydrogen-bond donors (Lipinski definition) is 0. The molecule has 2 nitrogen and oxygen atoms in total. The Morgan fingerprint density at radius 2 is 1.04 bits per heavy atom. The highest BCUT2D eigenvalue weighted by molar-refractivity contribution is 5.23. The monoisotopic (exact) mass is 346 g/mol. The summed E-state index contributed by atoms with van der Waals surface area (Å²) in [6.07, 6.45) is 13.3. The molecule has 0 amide bonds. The number of nitrogens with zero attached hydrogens (tertiary/aromatic N) is 2. The SMILES string of the molecule is Cc1cc[n+](CCCc2cccc(CCC[n+]3ccc(C)cc3)c2)cc1. The van der Waals surface area contributed by atoms with Gasteiger partial charge in [-0.25, -0.2) is 9.13 Å². The van der Waals surface area contributed by atoms with Crippen molar-refractivity contribution < 1.29 is 9.13 Å². The summed E-state index contributed by atoms with van der Waals surface area (Å²) in [5.41, 5.74) is 5.55. The molecule has 0 unspecified atom stereocenters. The molecule has 0 fully saturated rings. The molecule has 0 saturated carbocycles. The second-order valence-electron chi connectivity index (χ2n) is 7.25. The van der Waals surface area contributed by atoms with E-state index in [1.165, 1.54) is 35.1 Å². The van der Waals surface area contributed by atoms with E-state index in [4.69, 9.17) is 0 Å². The van der Waals surface area contributed by atoms with Crippen molar-refractivity contribution in [2.75, 3.05) is 0 Å². The Bertz CT molecular complexity index is 738. The minimum absolute atomic E-state index is 1.08. The van der Waals surface area contributed by atoms with Crippen LogP contribution in [0.2, 0.25) is 0 Å². The van der Waals surface area contributed by atoms with Crippen LogP contribution in [-0.2, 0) is 25.9 Å². The van der Waals surface area contributed by atoms with Crippen molar-refractivity contribution in [1.29, 1.82) is 0 Å². The summed E-state index contributed by atoms with van der Waals surface area (Å²) in [5, 5.41) is 0. The zero-order valence-electron chi connectivity index (χ0n) is 16.1. The Morgan fingerprint density at radius 1 is 0.615 bits per heavy atom. The highest BCUT2D eigenvalue weighted by Crippen LogP contribution is 2.10. The van der Waals surface area contributed by atoms with Crippen molar-refractivity contribution in [2.24, 2.45) is 0 Å². The van der Waals surface area contributed by atoms with Crippen LogP contribution >= 0.6 is 0 Å². The van der Waals surface area contributed by atoms with E-state index in [1.54, 1.807) is 0 Å². The van der Waals surface area contributed by atoms with Gasteiger partial charge in [0.1, 0.15) is 13.1 Å². The molecule has 2 heterocycles. The Morgan fingerprint density at radius 3 is 1.46 bits per heavy atom. The zero-order chi connectivity index (χ0) is 18.2. The quantitative estimate of drug-likeness (QED) is 0.542. The van der Waals surface area contributed by atoms with Crippen LogP contribution in [-0.4, -0.2) is 0 Å². The molecule has 1 aromatic carbocycles. The first-order chi connectivity index (χ1) is 12.7. The second kappa shape index (κ2) is 9.28. The van der Waals surface area contributed by atoms with Gasteiger partial charge in [-0.15, -0.1) is 0 Å². The molecule has 3 aromatic rings. The van der Waals surface area contributed by atoms with E-state index in [9.17, 15) is 0 Å². The Balaban J connectivity index is 1.45. The van der Waals surface area contributed by atoms with Gasteiger partial charge in [0.05, 0.1) is 0 Å². The fraction of sp³-hybridized carbons (Fsp3) is 0.333. The maximum atomic E-state index is 2.39. The number of rotatable bonds is 8. The molecule has 0 N–H and O–H groups in total. The lowest BCUT2D eigenvalue weighted by molar-refractivity contribution is -0.697. The predicted molar refractivity (Wildman–Crippen MR) is 106 cm³/mol. The van der Waals surface area contributed by atoms with Gasteiger partial charge in [0.25, 0.3) is 0 Å². The predicted octanol–water partition coefficient (Wildman–Crippen LogP) is 4.14. The first-order valence-corrected chi connectivity index (χ1v) is 9.68. The lowest BCUT2D eigenvalue weighted by atomic mass is 10.0. The van der Waals surface area contributed by atoms with E-state index in [0.29, 0.717) is 0 Å². The zero-order valence-corrected chi connectivity index (χ0v) is 16.1. The van der Waals surface area contributed by atoms with E-state index in [1.807, 2.05) is 0 Å². The van der Waals surface area contributed by atoms with Crippen LogP contribution in [0.4, 0.5) is 0 Å². The lowest BCUT2D eigenvalue weighted by Crippen LogP contribution is -2.32. The fourth-order valence-corrected chi connectivity index (χ4v) is 3.23. The van der Waals surface area contributed by atoms with Gasteiger partial charge < -0.3 is 0 Å². The molecule has 0 aliphatic heterocycles. The molecule has 134 valence electrons. The minimum atomic E-state index is 1.08. The molecule has 26 heavy (non-hydrogen) atoms. The third kappa shape index (κ3) is 5.80. The molecule has 0 aliphatic rings. The van der Waals surface area contributed by atoms with Crippen molar-refractivity contribution >= 4 is 0 Å². The highest BCUT2D eigenvalue weighted by Gasteiger charge is 2.03. The molecule has 2 heteroatoms. The maximum absolute atomic E-state index is 2.39. The van der Waals surface area contributed by atoms with Crippen molar-refractivity contribution in [1.82, 2.24) is 0 Å². The Kier molecular flexibility index (Phi) is 6.54. The molecular formula is C24H30N2+2. The second-order valence-corrected chi connectivity index (χ2v) is 7.25. The molecule has 0 radical (unpaired) electrons. The summed E-state index contributed by atoms with van der Waals surface area (Å²) in [6, 6.07) is 17.8. The molecule has 0 spiro atoms. The molecule has 2 aromatic heterocycles. The molecular weight excluding hydrogens is 316 g/mol. The maximum Gasteiger partial charge on any atom is 0.169 e. The summed E-state index contributed by atoms with van der Waals surface area (Å²) in [5.74, 6) is 0. The van der Waals surface area contributed by atoms with Crippen molar-refractivity contribution in [3.05, 3.63) is 95.6 Å². The van der Waals surface area contributed by atoms with Crippen LogP contribution in [0.3, 0.4) is 0 Å². The number of benzene rings is 1. The molecule has 0 saturated heterocycles. The lowest BCUT2D eigenvalue weighted by Gasteiger charge is -2.04. The first-order valence-electron chi connectivity index (χ1n) is 9.68. The number of aryl methyl sites for hydroxylation is 6. The van der Waals surface area contributed by atoms with Crippen LogP contribution in [0.25, 0.3) is 0 Å². The van der Waals surface area contributed by atoms with Crippen LogP contribution in [0.15, 0.2) is 73.3 Å². The smallest absolute Gasteiger partial charge is 0.169 e. The van der Waals surface area contributed by atoms with Gasteiger partial charge >= 0.3 is 0 Å². The number of aromatic nitrogens is 2. The largest absolute Gasteiger partial charge is 0.205 e. The topological polar surface area (TPSA) is 7.76 Å². The van der Waals surface area contributed by atoms with Gasteiger partial charge in [-0.05, 0) is 48.9 Å². The van der Waals surface area contributed by atoms with E-state index in [0.717, 1.165) is 25.9 Å². The van der Waals surface area contributed by atoms with Crippen molar-refractivity contribution in [2.45, 2.75) is 52.6 Å². The average Bonchev–Trinajstić information content (AvgIpc) is 2.65. The van der Waals surface area contributed by atoms with E-state index >= 15 is 0 Å². The third-order valence-electron chi connectivity index (χ3n) is 4.87. The van der Waals surface area contributed by atoms with E-state index < -0.39 is 0 Å². The number of hydrogen-bond acceptors (Lipinski definition) is 0. The van der Waals surface area contributed by atoms with Crippen molar-refractivity contribution in [3.63, 3.8) is 0 Å². The summed E-state index contributed by atoms with van der Waals surface area (Å²) in [7, 11) is 0. The number of pyridine rings is 2. The Hall–Kier alpha value is -2.48. The molecule has 3 rings (SSSR count). The third-order valence-corrected chi connectivity index (χ3v) is 4.87. The van der Waals surface area contributed by atoms with Gasteiger partial charge in [0, 0.05) is 37.1 Å². The van der Waals surface area contributed by atoms with Crippen molar-refractivity contribution in [3.8, 4) is 0 Å².